The number of ether oxygens (including phenoxy) is 1. The molecule has 0 saturated heterocycles. The van der Waals surface area contributed by atoms with Crippen molar-refractivity contribution in [1.82, 2.24) is 0 Å². The number of nitrogens with zero attached hydrogens (tertiary/aromatic N) is 1. The highest BCUT2D eigenvalue weighted by Gasteiger charge is 2.26. The normalized spacial score (nSPS) is 21.9. The quantitative estimate of drug-likeness (QED) is 0.858. The number of nitriles is 1. The largest absolute Gasteiger partial charge is 0.469 e. The molecule has 5 heteroatoms. The number of esters is 1. The molecule has 2 rings (SSSR count). The van der Waals surface area contributed by atoms with E-state index in [0.29, 0.717) is 11.6 Å². The van der Waals surface area contributed by atoms with E-state index < -0.39 is 0 Å². The van der Waals surface area contributed by atoms with E-state index in [1.165, 1.54) is 7.11 Å². The molecule has 1 aromatic rings. The topological polar surface area (TPSA) is 62.1 Å². The fourth-order valence-corrected chi connectivity index (χ4v) is 3.04. The maximum atomic E-state index is 11.5. The van der Waals surface area contributed by atoms with Crippen LogP contribution in [-0.4, -0.2) is 19.1 Å². The van der Waals surface area contributed by atoms with E-state index in [1.54, 1.807) is 6.07 Å². The molecule has 0 heterocycles. The summed E-state index contributed by atoms with van der Waals surface area (Å²) < 4.78 is 5.59. The molecule has 20 heavy (non-hydrogen) atoms. The number of nitrogens with one attached hydrogen (secondary N) is 1. The number of rotatable bonds is 3. The number of methoxy groups -OCH3 is 1. The molecule has 0 spiro atoms. The molecular weight excluding hydrogens is 320 g/mol. The minimum absolute atomic E-state index is 0.0470. The number of anilines is 1. The summed E-state index contributed by atoms with van der Waals surface area (Å²) in [6, 6.07) is 8.13. The number of carbonyl (C=O) groups is 1. The molecule has 0 atom stereocenters. The average Bonchev–Trinajstić information content (AvgIpc) is 2.47. The average molecular weight is 337 g/mol. The van der Waals surface area contributed by atoms with Crippen LogP contribution in [0.1, 0.15) is 31.2 Å². The second-order valence-corrected chi connectivity index (χ2v) is 5.88. The Balaban J connectivity index is 1.91. The maximum absolute atomic E-state index is 11.5. The molecule has 0 aliphatic heterocycles. The lowest BCUT2D eigenvalue weighted by Gasteiger charge is -2.28. The van der Waals surface area contributed by atoms with Crippen molar-refractivity contribution in [3.8, 4) is 6.07 Å². The van der Waals surface area contributed by atoms with Gasteiger partial charge in [-0.3, -0.25) is 4.79 Å². The maximum Gasteiger partial charge on any atom is 0.308 e. The Labute approximate surface area is 127 Å². The minimum Gasteiger partial charge on any atom is -0.469 e. The zero-order valence-corrected chi connectivity index (χ0v) is 12.9. The van der Waals surface area contributed by atoms with Crippen molar-refractivity contribution in [3.63, 3.8) is 0 Å². The van der Waals surface area contributed by atoms with Crippen LogP contribution < -0.4 is 5.32 Å². The third kappa shape index (κ3) is 3.51. The molecule has 0 unspecified atom stereocenters. The molecule has 0 aromatic heterocycles. The summed E-state index contributed by atoms with van der Waals surface area (Å²) in [5.41, 5.74) is 1.63. The molecule has 106 valence electrons. The highest BCUT2D eigenvalue weighted by Crippen LogP contribution is 2.28. The summed E-state index contributed by atoms with van der Waals surface area (Å²) in [6.45, 7) is 0. The molecule has 1 aromatic carbocycles. The van der Waals surface area contributed by atoms with Crippen LogP contribution in [0.15, 0.2) is 22.7 Å². The first-order valence-corrected chi connectivity index (χ1v) is 7.47. The smallest absolute Gasteiger partial charge is 0.308 e. The fraction of sp³-hybridized carbons (Fsp3) is 0.467. The molecule has 1 aliphatic rings. The van der Waals surface area contributed by atoms with Gasteiger partial charge in [0.25, 0.3) is 0 Å². The van der Waals surface area contributed by atoms with Gasteiger partial charge in [0.05, 0.1) is 18.6 Å². The predicted molar refractivity (Wildman–Crippen MR) is 80.2 cm³/mol. The first kappa shape index (κ1) is 14.9. The molecule has 0 amide bonds. The summed E-state index contributed by atoms with van der Waals surface area (Å²) >= 11 is 3.39. The van der Waals surface area contributed by atoms with Gasteiger partial charge in [0.1, 0.15) is 6.07 Å². The fourth-order valence-electron chi connectivity index (χ4n) is 2.57. The van der Waals surface area contributed by atoms with Crippen LogP contribution in [0.2, 0.25) is 0 Å². The zero-order chi connectivity index (χ0) is 14.5. The standard InChI is InChI=1S/C15H17BrN2O2/c1-20-15(19)10-2-5-12(6-3-10)18-13-7-4-11(9-17)14(16)8-13/h4,7-8,10,12,18H,2-3,5-6H2,1H3. The Kier molecular flexibility index (Phi) is 5.02. The molecule has 0 bridgehead atoms. The summed E-state index contributed by atoms with van der Waals surface area (Å²) in [4.78, 5) is 11.5. The van der Waals surface area contributed by atoms with Gasteiger partial charge in [0, 0.05) is 16.2 Å². The zero-order valence-electron chi connectivity index (χ0n) is 11.4. The van der Waals surface area contributed by atoms with E-state index >= 15 is 0 Å². The third-order valence-electron chi connectivity index (χ3n) is 3.72. The van der Waals surface area contributed by atoms with Crippen molar-refractivity contribution < 1.29 is 9.53 Å². The van der Waals surface area contributed by atoms with Crippen molar-refractivity contribution in [3.05, 3.63) is 28.2 Å². The Morgan fingerprint density at radius 3 is 2.65 bits per heavy atom. The first-order chi connectivity index (χ1) is 9.63. The van der Waals surface area contributed by atoms with Gasteiger partial charge in [-0.15, -0.1) is 0 Å². The van der Waals surface area contributed by atoms with E-state index in [0.717, 1.165) is 35.8 Å². The predicted octanol–water partition coefficient (Wildman–Crippen LogP) is 3.46. The summed E-state index contributed by atoms with van der Waals surface area (Å²) in [5, 5.41) is 12.4. The summed E-state index contributed by atoms with van der Waals surface area (Å²) in [6.07, 6.45) is 3.64. The van der Waals surface area contributed by atoms with Gasteiger partial charge >= 0.3 is 5.97 Å². The molecule has 1 aliphatic carbocycles. The van der Waals surface area contributed by atoms with Crippen LogP contribution in [0.25, 0.3) is 0 Å². The van der Waals surface area contributed by atoms with Crippen LogP contribution in [0.3, 0.4) is 0 Å². The molecule has 1 N–H and O–H groups in total. The highest BCUT2D eigenvalue weighted by molar-refractivity contribution is 9.10. The van der Waals surface area contributed by atoms with Gasteiger partial charge in [-0.25, -0.2) is 0 Å². The molecule has 0 radical (unpaired) electrons. The number of carbonyl (C=O) groups excluding carboxylic acids is 1. The Morgan fingerprint density at radius 1 is 1.40 bits per heavy atom. The lowest BCUT2D eigenvalue weighted by molar-refractivity contribution is -0.146. The molecule has 1 saturated carbocycles. The first-order valence-electron chi connectivity index (χ1n) is 6.68. The molecular formula is C15H17BrN2O2. The number of hydrogen-bond acceptors (Lipinski definition) is 4. The van der Waals surface area contributed by atoms with Gasteiger partial charge in [-0.1, -0.05) is 0 Å². The van der Waals surface area contributed by atoms with E-state index in [-0.39, 0.29) is 11.9 Å². The third-order valence-corrected chi connectivity index (χ3v) is 4.38. The van der Waals surface area contributed by atoms with Crippen LogP contribution in [-0.2, 0) is 9.53 Å². The minimum atomic E-state index is -0.0930. The van der Waals surface area contributed by atoms with E-state index in [1.807, 2.05) is 12.1 Å². The molecule has 4 nitrogen and oxygen atoms in total. The lowest BCUT2D eigenvalue weighted by atomic mass is 9.86. The number of hydrogen-bond donors (Lipinski definition) is 1. The van der Waals surface area contributed by atoms with Gasteiger partial charge < -0.3 is 10.1 Å². The summed E-state index contributed by atoms with van der Waals surface area (Å²) in [5.74, 6) is -0.0460. The van der Waals surface area contributed by atoms with Crippen LogP contribution in [0.4, 0.5) is 5.69 Å². The van der Waals surface area contributed by atoms with Crippen molar-refractivity contribution in [2.45, 2.75) is 31.7 Å². The van der Waals surface area contributed by atoms with Crippen molar-refractivity contribution in [2.75, 3.05) is 12.4 Å². The SMILES string of the molecule is COC(=O)C1CCC(Nc2ccc(C#N)c(Br)c2)CC1. The van der Waals surface area contributed by atoms with Crippen molar-refractivity contribution in [1.29, 1.82) is 5.26 Å². The summed E-state index contributed by atoms with van der Waals surface area (Å²) in [7, 11) is 1.45. The van der Waals surface area contributed by atoms with E-state index in [2.05, 4.69) is 27.3 Å². The Hall–Kier alpha value is -1.54. The van der Waals surface area contributed by atoms with Crippen LogP contribution in [0.5, 0.6) is 0 Å². The highest BCUT2D eigenvalue weighted by atomic mass is 79.9. The van der Waals surface area contributed by atoms with Gasteiger partial charge in [-0.05, 0) is 59.8 Å². The van der Waals surface area contributed by atoms with Crippen molar-refractivity contribution >= 4 is 27.6 Å². The number of halogens is 1. The number of benzene rings is 1. The van der Waals surface area contributed by atoms with Gasteiger partial charge in [0.15, 0.2) is 0 Å². The second-order valence-electron chi connectivity index (χ2n) is 5.02. The Bertz CT molecular complexity index is 531. The van der Waals surface area contributed by atoms with Gasteiger partial charge in [-0.2, -0.15) is 5.26 Å². The van der Waals surface area contributed by atoms with Crippen LogP contribution >= 0.6 is 15.9 Å². The van der Waals surface area contributed by atoms with Crippen molar-refractivity contribution in [2.24, 2.45) is 5.92 Å². The molecule has 1 fully saturated rings. The second kappa shape index (κ2) is 6.76. The lowest BCUT2D eigenvalue weighted by Crippen LogP contribution is -2.29. The Morgan fingerprint density at radius 2 is 2.10 bits per heavy atom. The van der Waals surface area contributed by atoms with Gasteiger partial charge in [0.2, 0.25) is 0 Å². The van der Waals surface area contributed by atoms with E-state index in [4.69, 9.17) is 10.00 Å². The monoisotopic (exact) mass is 336 g/mol. The van der Waals surface area contributed by atoms with Crippen LogP contribution in [0, 0.1) is 17.2 Å². The van der Waals surface area contributed by atoms with E-state index in [9.17, 15) is 4.79 Å².